The van der Waals surface area contributed by atoms with Crippen molar-refractivity contribution in [2.75, 3.05) is 13.2 Å². The van der Waals surface area contributed by atoms with Crippen molar-refractivity contribution in [1.29, 1.82) is 0 Å². The number of nitrogens with zero attached hydrogens (tertiary/aromatic N) is 2. The predicted octanol–water partition coefficient (Wildman–Crippen LogP) is 0.791. The van der Waals surface area contributed by atoms with Gasteiger partial charge in [-0.3, -0.25) is 14.9 Å². The van der Waals surface area contributed by atoms with E-state index in [9.17, 15) is 14.9 Å². The highest BCUT2D eigenvalue weighted by atomic mass is 16.7. The number of carbonyl (C=O) groups is 1. The topological polar surface area (TPSA) is 116 Å². The maximum absolute atomic E-state index is 11.6. The number of hydrazone groups is 1. The third kappa shape index (κ3) is 3.62. The standard InChI is InChI=1S/C11H13N3O6/c1-11(18-4-5-19-11)6-9(15)13-12-7-8-2-3-10(20-8)14(16)17/h2-3,7H,4-6H2,1H3,(H,13,15). The molecular formula is C11H13N3O6. The predicted molar refractivity (Wildman–Crippen MR) is 66.0 cm³/mol. The number of hydrogen-bond acceptors (Lipinski definition) is 7. The molecule has 9 heteroatoms. The first kappa shape index (κ1) is 14.2. The highest BCUT2D eigenvalue weighted by molar-refractivity contribution is 5.80. The van der Waals surface area contributed by atoms with Gasteiger partial charge in [-0.15, -0.1) is 0 Å². The molecule has 1 amide bonds. The minimum atomic E-state index is -0.928. The van der Waals surface area contributed by atoms with Crippen molar-refractivity contribution in [3.63, 3.8) is 0 Å². The Balaban J connectivity index is 1.83. The molecule has 9 nitrogen and oxygen atoms in total. The van der Waals surface area contributed by atoms with E-state index in [2.05, 4.69) is 10.5 Å². The van der Waals surface area contributed by atoms with Crippen molar-refractivity contribution in [2.45, 2.75) is 19.1 Å². The number of nitrogens with one attached hydrogen (secondary N) is 1. The van der Waals surface area contributed by atoms with E-state index < -0.39 is 22.5 Å². The van der Waals surface area contributed by atoms with Crippen LogP contribution in [0.25, 0.3) is 0 Å². The van der Waals surface area contributed by atoms with Gasteiger partial charge in [0.1, 0.15) is 4.92 Å². The van der Waals surface area contributed by atoms with Crippen LogP contribution >= 0.6 is 0 Å². The fraction of sp³-hybridized carbons (Fsp3) is 0.455. The zero-order chi connectivity index (χ0) is 14.6. The minimum absolute atomic E-state index is 0.00262. The Morgan fingerprint density at radius 2 is 2.25 bits per heavy atom. The molecule has 1 aliphatic heterocycles. The molecule has 1 fully saturated rings. The number of carbonyl (C=O) groups excluding carboxylic acids is 1. The van der Waals surface area contributed by atoms with E-state index in [1.54, 1.807) is 6.92 Å². The molecule has 0 spiro atoms. The summed E-state index contributed by atoms with van der Waals surface area (Å²) in [6, 6.07) is 2.57. The number of ether oxygens (including phenoxy) is 2. The van der Waals surface area contributed by atoms with Crippen molar-refractivity contribution in [1.82, 2.24) is 5.43 Å². The van der Waals surface area contributed by atoms with Crippen molar-refractivity contribution < 1.29 is 23.6 Å². The number of hydrogen-bond donors (Lipinski definition) is 1. The average Bonchev–Trinajstić information content (AvgIpc) is 2.98. The Bertz CT molecular complexity index is 532. The fourth-order valence-corrected chi connectivity index (χ4v) is 1.67. The lowest BCUT2D eigenvalue weighted by molar-refractivity contribution is -0.402. The lowest BCUT2D eigenvalue weighted by Gasteiger charge is -2.20. The van der Waals surface area contributed by atoms with Gasteiger partial charge in [-0.25, -0.2) is 5.43 Å². The second-order valence-corrected chi connectivity index (χ2v) is 4.23. The summed E-state index contributed by atoms with van der Waals surface area (Å²) in [5.74, 6) is -1.55. The maximum atomic E-state index is 11.6. The van der Waals surface area contributed by atoms with Crippen molar-refractivity contribution in [3.05, 3.63) is 28.0 Å². The molecule has 1 saturated heterocycles. The van der Waals surface area contributed by atoms with E-state index in [1.807, 2.05) is 0 Å². The van der Waals surface area contributed by atoms with Crippen LogP contribution in [0.5, 0.6) is 0 Å². The van der Waals surface area contributed by atoms with Crippen LogP contribution in [0, 0.1) is 10.1 Å². The molecule has 108 valence electrons. The Morgan fingerprint density at radius 1 is 1.55 bits per heavy atom. The Hall–Kier alpha value is -2.26. The Morgan fingerprint density at radius 3 is 2.85 bits per heavy atom. The molecule has 0 atom stereocenters. The van der Waals surface area contributed by atoms with Gasteiger partial charge >= 0.3 is 5.88 Å². The fourth-order valence-electron chi connectivity index (χ4n) is 1.67. The molecule has 20 heavy (non-hydrogen) atoms. The van der Waals surface area contributed by atoms with Crippen molar-refractivity contribution >= 4 is 18.0 Å². The summed E-state index contributed by atoms with van der Waals surface area (Å²) in [6.45, 7) is 2.56. The molecule has 2 rings (SSSR count). The van der Waals surface area contributed by atoms with E-state index in [4.69, 9.17) is 13.9 Å². The van der Waals surface area contributed by atoms with Gasteiger partial charge in [0.25, 0.3) is 0 Å². The van der Waals surface area contributed by atoms with Gasteiger partial charge in [0, 0.05) is 0 Å². The van der Waals surface area contributed by atoms with Crippen LogP contribution in [0.1, 0.15) is 19.1 Å². The van der Waals surface area contributed by atoms with Crippen LogP contribution < -0.4 is 5.43 Å². The lowest BCUT2D eigenvalue weighted by Crippen LogP contribution is -2.33. The molecule has 1 aliphatic rings. The molecule has 0 saturated carbocycles. The molecule has 1 N–H and O–H groups in total. The largest absolute Gasteiger partial charge is 0.433 e. The van der Waals surface area contributed by atoms with Gasteiger partial charge in [0.2, 0.25) is 5.91 Å². The highest BCUT2D eigenvalue weighted by Crippen LogP contribution is 2.22. The summed E-state index contributed by atoms with van der Waals surface area (Å²) in [5.41, 5.74) is 2.26. The van der Waals surface area contributed by atoms with Gasteiger partial charge in [0.05, 0.1) is 31.9 Å². The quantitative estimate of drug-likeness (QED) is 0.485. The summed E-state index contributed by atoms with van der Waals surface area (Å²) in [4.78, 5) is 21.3. The Labute approximate surface area is 113 Å². The van der Waals surface area contributed by atoms with Crippen LogP contribution in [-0.2, 0) is 14.3 Å². The third-order valence-corrected chi connectivity index (χ3v) is 2.55. The molecule has 0 unspecified atom stereocenters. The molecule has 1 aromatic rings. The molecule has 0 radical (unpaired) electrons. The lowest BCUT2D eigenvalue weighted by atomic mass is 10.2. The molecular weight excluding hydrogens is 270 g/mol. The van der Waals surface area contributed by atoms with E-state index >= 15 is 0 Å². The molecule has 0 aromatic carbocycles. The number of nitro groups is 1. The van der Waals surface area contributed by atoms with E-state index in [-0.39, 0.29) is 12.2 Å². The maximum Gasteiger partial charge on any atom is 0.433 e. The SMILES string of the molecule is CC1(CC(=O)NN=Cc2ccc([N+](=O)[O-])o2)OCCO1. The normalized spacial score (nSPS) is 17.4. The minimum Gasteiger partial charge on any atom is -0.400 e. The Kier molecular flexibility index (Phi) is 4.11. The monoisotopic (exact) mass is 283 g/mol. The summed E-state index contributed by atoms with van der Waals surface area (Å²) in [5, 5.41) is 14.0. The van der Waals surface area contributed by atoms with Crippen LogP contribution in [0.15, 0.2) is 21.7 Å². The summed E-state index contributed by atoms with van der Waals surface area (Å²) in [7, 11) is 0. The second-order valence-electron chi connectivity index (χ2n) is 4.23. The molecule has 1 aromatic heterocycles. The van der Waals surface area contributed by atoms with E-state index in [1.165, 1.54) is 18.3 Å². The smallest absolute Gasteiger partial charge is 0.400 e. The van der Waals surface area contributed by atoms with Crippen molar-refractivity contribution in [3.8, 4) is 0 Å². The second kappa shape index (κ2) is 5.80. The average molecular weight is 283 g/mol. The first-order valence-corrected chi connectivity index (χ1v) is 5.82. The summed E-state index contributed by atoms with van der Waals surface area (Å²) >= 11 is 0. The first-order valence-electron chi connectivity index (χ1n) is 5.82. The molecule has 2 heterocycles. The van der Waals surface area contributed by atoms with Gasteiger partial charge in [-0.05, 0) is 13.0 Å². The zero-order valence-corrected chi connectivity index (χ0v) is 10.7. The van der Waals surface area contributed by atoms with Crippen LogP contribution in [0.3, 0.4) is 0 Å². The van der Waals surface area contributed by atoms with Crippen LogP contribution in [0.4, 0.5) is 5.88 Å². The van der Waals surface area contributed by atoms with Gasteiger partial charge in [0.15, 0.2) is 11.5 Å². The van der Waals surface area contributed by atoms with Gasteiger partial charge in [-0.1, -0.05) is 0 Å². The van der Waals surface area contributed by atoms with Gasteiger partial charge < -0.3 is 13.9 Å². The summed E-state index contributed by atoms with van der Waals surface area (Å²) < 4.78 is 15.4. The van der Waals surface area contributed by atoms with Gasteiger partial charge in [-0.2, -0.15) is 5.10 Å². The van der Waals surface area contributed by atoms with E-state index in [0.717, 1.165) is 0 Å². The highest BCUT2D eigenvalue weighted by Gasteiger charge is 2.33. The van der Waals surface area contributed by atoms with E-state index in [0.29, 0.717) is 13.2 Å². The number of amides is 1. The molecule has 0 bridgehead atoms. The number of furan rings is 1. The molecule has 0 aliphatic carbocycles. The van der Waals surface area contributed by atoms with Crippen LogP contribution in [-0.4, -0.2) is 36.0 Å². The summed E-state index contributed by atoms with van der Waals surface area (Å²) in [6.07, 6.45) is 1.17. The van der Waals surface area contributed by atoms with Crippen molar-refractivity contribution in [2.24, 2.45) is 5.10 Å². The third-order valence-electron chi connectivity index (χ3n) is 2.55. The number of rotatable bonds is 5. The van der Waals surface area contributed by atoms with Crippen LogP contribution in [0.2, 0.25) is 0 Å². The zero-order valence-electron chi connectivity index (χ0n) is 10.7. The first-order chi connectivity index (χ1) is 9.48.